The molecule has 7 heteroatoms. The fourth-order valence-electron chi connectivity index (χ4n) is 4.41. The van der Waals surface area contributed by atoms with Crippen LogP contribution in [0.5, 0.6) is 0 Å². The quantitative estimate of drug-likeness (QED) is 0.224. The van der Waals surface area contributed by atoms with E-state index in [0.717, 1.165) is 39.5 Å². The summed E-state index contributed by atoms with van der Waals surface area (Å²) in [7, 11) is 0. The summed E-state index contributed by atoms with van der Waals surface area (Å²) in [5, 5.41) is 4.30. The Labute approximate surface area is 224 Å². The monoisotopic (exact) mass is 556 g/mol. The van der Waals surface area contributed by atoms with Crippen LogP contribution in [0.1, 0.15) is 35.3 Å². The number of benzene rings is 3. The average molecular weight is 557 g/mol. The summed E-state index contributed by atoms with van der Waals surface area (Å²) in [6.45, 7) is 3.91. The molecule has 5 nitrogen and oxygen atoms in total. The predicted octanol–water partition coefficient (Wildman–Crippen LogP) is 8.06. The van der Waals surface area contributed by atoms with Crippen LogP contribution in [0.2, 0.25) is 0 Å². The molecule has 5 aromatic rings. The molecule has 1 unspecified atom stereocenters. The van der Waals surface area contributed by atoms with Gasteiger partial charge in [0.15, 0.2) is 0 Å². The Morgan fingerprint density at radius 1 is 0.919 bits per heavy atom. The van der Waals surface area contributed by atoms with Crippen molar-refractivity contribution < 1.29 is 8.81 Å². The normalized spacial score (nSPS) is 14.8. The van der Waals surface area contributed by atoms with Gasteiger partial charge in [-0.05, 0) is 79.6 Å². The van der Waals surface area contributed by atoms with E-state index in [2.05, 4.69) is 85.6 Å². The van der Waals surface area contributed by atoms with Crippen LogP contribution in [0.4, 0.5) is 10.1 Å². The highest BCUT2D eigenvalue weighted by Crippen LogP contribution is 2.41. The SMILES string of the molecule is Brc1ccc(N2C=C(c3ccccc3)CC2c2ncco2)cc1.Cc1cc(C)n(-c2ccc(F)cc2)n1. The van der Waals surface area contributed by atoms with Crippen LogP contribution < -0.4 is 4.90 Å². The second-order valence-corrected chi connectivity index (χ2v) is 9.73. The third-order valence-corrected chi connectivity index (χ3v) is 6.66. The summed E-state index contributed by atoms with van der Waals surface area (Å²) in [6, 6.07) is 27.1. The van der Waals surface area contributed by atoms with E-state index in [0.29, 0.717) is 0 Å². The minimum atomic E-state index is -0.227. The number of anilines is 1. The Morgan fingerprint density at radius 2 is 1.62 bits per heavy atom. The topological polar surface area (TPSA) is 47.1 Å². The van der Waals surface area contributed by atoms with Gasteiger partial charge in [0.05, 0.1) is 17.6 Å². The van der Waals surface area contributed by atoms with Crippen LogP contribution in [0.15, 0.2) is 112 Å². The fourth-order valence-corrected chi connectivity index (χ4v) is 4.67. The minimum absolute atomic E-state index is 0.0846. The Bertz CT molecular complexity index is 1480. The molecule has 0 saturated carbocycles. The number of hydrogen-bond donors (Lipinski definition) is 0. The van der Waals surface area contributed by atoms with E-state index in [4.69, 9.17) is 4.42 Å². The van der Waals surface area contributed by atoms with E-state index < -0.39 is 0 Å². The lowest BCUT2D eigenvalue weighted by Gasteiger charge is -2.23. The van der Waals surface area contributed by atoms with Crippen LogP contribution in [0.3, 0.4) is 0 Å². The number of aryl methyl sites for hydroxylation is 2. The zero-order valence-corrected chi connectivity index (χ0v) is 22.1. The van der Waals surface area contributed by atoms with Gasteiger partial charge in [0.2, 0.25) is 5.89 Å². The maximum Gasteiger partial charge on any atom is 0.217 e. The summed E-state index contributed by atoms with van der Waals surface area (Å²) in [5.41, 5.74) is 6.56. The molecule has 1 atom stereocenters. The largest absolute Gasteiger partial charge is 0.447 e. The number of nitrogens with zero attached hydrogens (tertiary/aromatic N) is 4. The maximum absolute atomic E-state index is 12.7. The predicted molar refractivity (Wildman–Crippen MR) is 148 cm³/mol. The van der Waals surface area contributed by atoms with Gasteiger partial charge in [-0.3, -0.25) is 0 Å². The van der Waals surface area contributed by atoms with Gasteiger partial charge < -0.3 is 9.32 Å². The van der Waals surface area contributed by atoms with Crippen LogP contribution in [-0.4, -0.2) is 14.8 Å². The maximum atomic E-state index is 12.7. The molecule has 0 fully saturated rings. The number of oxazole rings is 1. The summed E-state index contributed by atoms with van der Waals surface area (Å²) in [5.74, 6) is 0.519. The van der Waals surface area contributed by atoms with Gasteiger partial charge in [0.1, 0.15) is 18.1 Å². The van der Waals surface area contributed by atoms with E-state index in [1.54, 1.807) is 29.3 Å². The molecule has 0 radical (unpaired) electrons. The highest BCUT2D eigenvalue weighted by molar-refractivity contribution is 9.10. The standard InChI is InChI=1S/C19H15BrN2O.C11H11FN2/c20-16-6-8-17(9-7-16)22-13-15(14-4-2-1-3-5-14)12-18(22)19-21-10-11-23-19;1-8-7-9(2)14(13-8)11-5-3-10(12)4-6-11/h1-11,13,18H,12H2;3-7H,1-2H3. The van der Waals surface area contributed by atoms with Crippen molar-refractivity contribution in [3.8, 4) is 5.69 Å². The number of aromatic nitrogens is 3. The van der Waals surface area contributed by atoms with Crippen molar-refractivity contribution in [1.82, 2.24) is 14.8 Å². The first-order valence-electron chi connectivity index (χ1n) is 12.0. The summed E-state index contributed by atoms with van der Waals surface area (Å²) >= 11 is 3.49. The van der Waals surface area contributed by atoms with Gasteiger partial charge in [-0.15, -0.1) is 0 Å². The van der Waals surface area contributed by atoms with Crippen molar-refractivity contribution in [3.63, 3.8) is 0 Å². The zero-order valence-electron chi connectivity index (χ0n) is 20.6. The number of rotatable bonds is 4. The Hall–Kier alpha value is -3.97. The van der Waals surface area contributed by atoms with Gasteiger partial charge in [0, 0.05) is 28.5 Å². The first-order valence-corrected chi connectivity index (χ1v) is 12.8. The molecule has 6 rings (SSSR count). The Balaban J connectivity index is 0.000000171. The Kier molecular flexibility index (Phi) is 7.32. The lowest BCUT2D eigenvalue weighted by molar-refractivity contribution is 0.454. The van der Waals surface area contributed by atoms with Gasteiger partial charge in [0.25, 0.3) is 0 Å². The summed E-state index contributed by atoms with van der Waals surface area (Å²) in [6.07, 6.45) is 6.42. The summed E-state index contributed by atoms with van der Waals surface area (Å²) < 4.78 is 21.1. The van der Waals surface area contributed by atoms with Crippen molar-refractivity contribution in [3.05, 3.63) is 137 Å². The van der Waals surface area contributed by atoms with Crippen molar-refractivity contribution in [2.45, 2.75) is 26.3 Å². The van der Waals surface area contributed by atoms with Crippen LogP contribution in [0, 0.1) is 19.7 Å². The van der Waals surface area contributed by atoms with Crippen LogP contribution >= 0.6 is 15.9 Å². The van der Waals surface area contributed by atoms with Crippen molar-refractivity contribution >= 4 is 27.2 Å². The van der Waals surface area contributed by atoms with Crippen molar-refractivity contribution in [2.75, 3.05) is 4.90 Å². The van der Waals surface area contributed by atoms with Crippen LogP contribution in [0.25, 0.3) is 11.3 Å². The lowest BCUT2D eigenvalue weighted by Crippen LogP contribution is -2.18. The third-order valence-electron chi connectivity index (χ3n) is 6.13. The second kappa shape index (κ2) is 11.0. The molecule has 0 saturated heterocycles. The molecule has 1 aliphatic rings. The van der Waals surface area contributed by atoms with E-state index in [9.17, 15) is 4.39 Å². The molecule has 37 heavy (non-hydrogen) atoms. The fraction of sp³-hybridized carbons (Fsp3) is 0.133. The molecule has 3 aromatic carbocycles. The second-order valence-electron chi connectivity index (χ2n) is 8.81. The van der Waals surface area contributed by atoms with Gasteiger partial charge in [-0.2, -0.15) is 5.10 Å². The molecule has 2 aromatic heterocycles. The molecule has 1 aliphatic heterocycles. The molecular formula is C30H26BrFN4O. The summed E-state index contributed by atoms with van der Waals surface area (Å²) in [4.78, 5) is 6.61. The minimum Gasteiger partial charge on any atom is -0.447 e. The molecule has 0 bridgehead atoms. The molecule has 0 N–H and O–H groups in total. The Morgan fingerprint density at radius 3 is 2.24 bits per heavy atom. The van der Waals surface area contributed by atoms with Crippen molar-refractivity contribution in [2.24, 2.45) is 0 Å². The first-order chi connectivity index (χ1) is 18.0. The van der Waals surface area contributed by atoms with Gasteiger partial charge in [-0.25, -0.2) is 14.1 Å². The van der Waals surface area contributed by atoms with Crippen LogP contribution in [-0.2, 0) is 0 Å². The zero-order chi connectivity index (χ0) is 25.8. The van der Waals surface area contributed by atoms with Crippen molar-refractivity contribution in [1.29, 1.82) is 0 Å². The molecule has 0 amide bonds. The smallest absolute Gasteiger partial charge is 0.217 e. The first kappa shape index (κ1) is 24.7. The van der Waals surface area contributed by atoms with Gasteiger partial charge in [-0.1, -0.05) is 46.3 Å². The molecule has 3 heterocycles. The third kappa shape index (κ3) is 5.73. The lowest BCUT2D eigenvalue weighted by atomic mass is 10.0. The molecule has 0 aliphatic carbocycles. The molecule has 186 valence electrons. The number of halogens is 2. The van der Waals surface area contributed by atoms with E-state index in [1.165, 1.54) is 23.3 Å². The average Bonchev–Trinajstić information content (AvgIpc) is 3.66. The van der Waals surface area contributed by atoms with Gasteiger partial charge >= 0.3 is 0 Å². The van der Waals surface area contributed by atoms with E-state index in [1.807, 2.05) is 26.0 Å². The highest BCUT2D eigenvalue weighted by atomic mass is 79.9. The number of hydrogen-bond acceptors (Lipinski definition) is 4. The van der Waals surface area contributed by atoms with E-state index >= 15 is 0 Å². The highest BCUT2D eigenvalue weighted by Gasteiger charge is 2.30. The molecule has 0 spiro atoms. The molecular weight excluding hydrogens is 531 g/mol. The van der Waals surface area contributed by atoms with E-state index in [-0.39, 0.29) is 11.9 Å².